The minimum atomic E-state index is -1.91. The normalized spacial score (nSPS) is 18.9. The van der Waals surface area contributed by atoms with Crippen LogP contribution in [0.25, 0.3) is 0 Å². The van der Waals surface area contributed by atoms with Gasteiger partial charge in [0.2, 0.25) is 0 Å². The molecule has 0 radical (unpaired) electrons. The molecule has 71 heavy (non-hydrogen) atoms. The fourth-order valence-electron chi connectivity index (χ4n) is 8.18. The van der Waals surface area contributed by atoms with Gasteiger partial charge in [0.25, 0.3) is 0 Å². The van der Waals surface area contributed by atoms with Crippen molar-refractivity contribution in [3.8, 4) is 0 Å². The third kappa shape index (κ3) is 37.8. The lowest BCUT2D eigenvalue weighted by Crippen LogP contribution is -2.61. The smallest absolute Gasteiger partial charge is 0.335 e. The minimum Gasteiger partial charge on any atom is -0.479 e. The van der Waals surface area contributed by atoms with Gasteiger partial charge in [-0.2, -0.15) is 0 Å². The van der Waals surface area contributed by atoms with Crippen LogP contribution in [0.4, 0.5) is 0 Å². The Hall–Kier alpha value is -3.58. The van der Waals surface area contributed by atoms with Crippen molar-refractivity contribution in [2.75, 3.05) is 13.2 Å². The van der Waals surface area contributed by atoms with E-state index in [0.717, 1.165) is 128 Å². The summed E-state index contributed by atoms with van der Waals surface area (Å²) in [4.78, 5) is 51.0. The van der Waals surface area contributed by atoms with Crippen molar-refractivity contribution < 1.29 is 58.2 Å². The number of carboxylic acids is 1. The van der Waals surface area contributed by atoms with Gasteiger partial charge in [-0.3, -0.25) is 14.4 Å². The molecular weight excluding hydrogens is 901 g/mol. The topological polar surface area (TPSA) is 175 Å². The van der Waals surface area contributed by atoms with E-state index in [-0.39, 0.29) is 25.9 Å². The number of unbranched alkanes of at least 4 members (excludes halogenated alkanes) is 23. The summed E-state index contributed by atoms with van der Waals surface area (Å²) in [6.45, 7) is 5.80. The summed E-state index contributed by atoms with van der Waals surface area (Å²) in [7, 11) is 0. The van der Waals surface area contributed by atoms with Crippen molar-refractivity contribution >= 4 is 23.9 Å². The molecule has 6 atom stereocenters. The summed E-state index contributed by atoms with van der Waals surface area (Å²) >= 11 is 0. The van der Waals surface area contributed by atoms with Gasteiger partial charge in [-0.15, -0.1) is 0 Å². The van der Waals surface area contributed by atoms with Gasteiger partial charge < -0.3 is 39.0 Å². The molecule has 0 amide bonds. The van der Waals surface area contributed by atoms with Crippen LogP contribution in [0.1, 0.15) is 239 Å². The van der Waals surface area contributed by atoms with Crippen molar-refractivity contribution in [3.63, 3.8) is 0 Å². The average molecular weight is 1000 g/mol. The lowest BCUT2D eigenvalue weighted by atomic mass is 9.98. The first-order valence-electron chi connectivity index (χ1n) is 28.3. The molecule has 0 aliphatic carbocycles. The number of carbonyl (C=O) groups excluding carboxylic acids is 3. The number of allylic oxidation sites excluding steroid dienone is 10. The van der Waals surface area contributed by atoms with Gasteiger partial charge in [0.05, 0.1) is 6.61 Å². The van der Waals surface area contributed by atoms with Gasteiger partial charge in [0, 0.05) is 19.3 Å². The second-order valence-electron chi connectivity index (χ2n) is 19.2. The van der Waals surface area contributed by atoms with E-state index in [1.165, 1.54) is 51.4 Å². The highest BCUT2D eigenvalue weighted by atomic mass is 16.7. The molecule has 0 bridgehead atoms. The van der Waals surface area contributed by atoms with Crippen LogP contribution < -0.4 is 0 Å². The monoisotopic (exact) mass is 1000 g/mol. The molecule has 1 aliphatic rings. The van der Waals surface area contributed by atoms with Gasteiger partial charge in [0.1, 0.15) is 18.8 Å². The Morgan fingerprint density at radius 1 is 0.479 bits per heavy atom. The number of hydrogen-bond donors (Lipinski definition) is 3. The van der Waals surface area contributed by atoms with Gasteiger partial charge in [-0.05, 0) is 96.3 Å². The number of aliphatic carboxylic acids is 1. The molecule has 1 aliphatic heterocycles. The fourth-order valence-corrected chi connectivity index (χ4v) is 8.18. The molecule has 408 valence electrons. The number of aliphatic hydroxyl groups excluding tert-OH is 2. The van der Waals surface area contributed by atoms with Crippen molar-refractivity contribution in [2.45, 2.75) is 276 Å². The molecule has 12 heteroatoms. The summed E-state index contributed by atoms with van der Waals surface area (Å²) in [5.74, 6) is -3.16. The Balaban J connectivity index is 2.71. The fraction of sp³-hybridized carbons (Fsp3) is 0.763. The zero-order valence-corrected chi connectivity index (χ0v) is 44.7. The van der Waals surface area contributed by atoms with E-state index >= 15 is 0 Å². The molecule has 1 rings (SSSR count). The first-order chi connectivity index (χ1) is 34.6. The number of aliphatic hydroxyl groups is 2. The first-order valence-corrected chi connectivity index (χ1v) is 28.3. The van der Waals surface area contributed by atoms with Crippen LogP contribution in [0.15, 0.2) is 60.8 Å². The SMILES string of the molecule is CC/C=C\C/C=C\C/C=C\CCCCCCCC(=O)OC1C(OCC(COC(=O)CCCCCCC/C=C\CCCCCCCC)OC(=O)CCCCCCC/C=C\CCCC)OC(C(=O)O)C(O)C1O. The van der Waals surface area contributed by atoms with Crippen LogP contribution in [0, 0.1) is 0 Å². The molecule has 1 saturated heterocycles. The maximum Gasteiger partial charge on any atom is 0.335 e. The van der Waals surface area contributed by atoms with Crippen LogP contribution in [0.3, 0.4) is 0 Å². The molecule has 12 nitrogen and oxygen atoms in total. The zero-order chi connectivity index (χ0) is 51.8. The largest absolute Gasteiger partial charge is 0.479 e. The Labute approximate surface area is 430 Å². The predicted octanol–water partition coefficient (Wildman–Crippen LogP) is 14.0. The highest BCUT2D eigenvalue weighted by molar-refractivity contribution is 5.74. The molecule has 0 aromatic heterocycles. The predicted molar refractivity (Wildman–Crippen MR) is 285 cm³/mol. The Bertz CT molecular complexity index is 1470. The van der Waals surface area contributed by atoms with E-state index in [9.17, 15) is 34.5 Å². The molecule has 1 heterocycles. The molecule has 0 saturated carbocycles. The van der Waals surface area contributed by atoms with Gasteiger partial charge in [-0.1, -0.05) is 184 Å². The average Bonchev–Trinajstić information content (AvgIpc) is 3.35. The van der Waals surface area contributed by atoms with E-state index in [2.05, 4.69) is 81.5 Å². The van der Waals surface area contributed by atoms with Crippen molar-refractivity contribution in [1.29, 1.82) is 0 Å². The molecule has 0 aromatic carbocycles. The second-order valence-corrected chi connectivity index (χ2v) is 19.2. The second kappa shape index (κ2) is 47.4. The molecule has 3 N–H and O–H groups in total. The highest BCUT2D eigenvalue weighted by Gasteiger charge is 2.50. The highest BCUT2D eigenvalue weighted by Crippen LogP contribution is 2.26. The number of hydrogen-bond acceptors (Lipinski definition) is 11. The van der Waals surface area contributed by atoms with Crippen LogP contribution >= 0.6 is 0 Å². The number of rotatable bonds is 47. The van der Waals surface area contributed by atoms with Crippen molar-refractivity contribution in [1.82, 2.24) is 0 Å². The van der Waals surface area contributed by atoms with Crippen LogP contribution in [0.5, 0.6) is 0 Å². The number of esters is 3. The lowest BCUT2D eigenvalue weighted by molar-refractivity contribution is -0.301. The third-order valence-corrected chi connectivity index (χ3v) is 12.5. The number of ether oxygens (including phenoxy) is 5. The zero-order valence-electron chi connectivity index (χ0n) is 44.7. The summed E-state index contributed by atoms with van der Waals surface area (Å²) in [5.41, 5.74) is 0. The van der Waals surface area contributed by atoms with E-state index in [0.29, 0.717) is 19.3 Å². The number of carboxylic acid groups (broad SMARTS) is 1. The van der Waals surface area contributed by atoms with E-state index in [1.54, 1.807) is 0 Å². The van der Waals surface area contributed by atoms with Crippen LogP contribution in [0.2, 0.25) is 0 Å². The minimum absolute atomic E-state index is 0.0388. The number of carbonyl (C=O) groups is 4. The quantitative estimate of drug-likeness (QED) is 0.0228. The lowest BCUT2D eigenvalue weighted by Gasteiger charge is -2.40. The third-order valence-electron chi connectivity index (χ3n) is 12.5. The molecule has 0 spiro atoms. The van der Waals surface area contributed by atoms with Crippen molar-refractivity contribution in [2.24, 2.45) is 0 Å². The van der Waals surface area contributed by atoms with Crippen molar-refractivity contribution in [3.05, 3.63) is 60.8 Å². The molecular formula is C59H100O12. The van der Waals surface area contributed by atoms with E-state index in [4.69, 9.17) is 23.7 Å². The summed E-state index contributed by atoms with van der Waals surface area (Å²) in [6, 6.07) is 0. The van der Waals surface area contributed by atoms with Crippen LogP contribution in [-0.4, -0.2) is 89.2 Å². The Morgan fingerprint density at radius 2 is 0.901 bits per heavy atom. The van der Waals surface area contributed by atoms with Crippen LogP contribution in [-0.2, 0) is 42.9 Å². The molecule has 6 unspecified atom stereocenters. The summed E-state index contributed by atoms with van der Waals surface area (Å²) in [5, 5.41) is 31.4. The summed E-state index contributed by atoms with van der Waals surface area (Å²) in [6.07, 6.45) is 44.8. The molecule has 1 fully saturated rings. The van der Waals surface area contributed by atoms with Gasteiger partial charge >= 0.3 is 23.9 Å². The van der Waals surface area contributed by atoms with Gasteiger partial charge in [-0.25, -0.2) is 4.79 Å². The van der Waals surface area contributed by atoms with Gasteiger partial charge in [0.15, 0.2) is 24.6 Å². The molecule has 0 aromatic rings. The standard InChI is InChI=1S/C59H100O12/c1-4-7-10-13-16-19-22-24-26-28-31-33-36-39-42-45-51(60)67-48-50(69-52(61)46-43-40-37-34-30-21-18-15-12-9-6-3)49-68-59-57(55(64)54(63)56(71-59)58(65)66)70-53(62)47-44-41-38-35-32-29-27-25-23-20-17-14-11-8-5-2/h8,11,15,17-18,20,24-27,50,54-57,59,63-64H,4-7,9-10,12-14,16,19,21-23,28-49H2,1-3H3,(H,65,66)/b11-8-,18-15-,20-17-,26-24-,27-25-. The first kappa shape index (κ1) is 65.4. The van der Waals surface area contributed by atoms with E-state index < -0.39 is 67.3 Å². The maximum absolute atomic E-state index is 13.1. The summed E-state index contributed by atoms with van der Waals surface area (Å²) < 4.78 is 28.3. The Morgan fingerprint density at radius 3 is 1.41 bits per heavy atom. The Kier molecular flexibility index (Phi) is 43.7. The van der Waals surface area contributed by atoms with E-state index in [1.807, 2.05) is 0 Å². The maximum atomic E-state index is 13.1.